The molecule has 2 N–H and O–H groups in total. The van der Waals surface area contributed by atoms with Crippen molar-refractivity contribution in [2.24, 2.45) is 7.05 Å². The smallest absolute Gasteiger partial charge is 0.207 e. The second-order valence-corrected chi connectivity index (χ2v) is 8.23. The largest absolute Gasteiger partial charge is 0.312 e. The van der Waals surface area contributed by atoms with Gasteiger partial charge in [-0.15, -0.1) is 0 Å². The topological polar surface area (TPSA) is 99.1 Å². The molecule has 0 saturated carbocycles. The standard InChI is InChI=1S/C26H19N7/c1-15-3-4-16(12-27)9-23(15)33-25-20-11-18(17-5-7-21-19(10-17)13-30-31-21)6-8-22(20)29-14-24(25)32(2)26(33)28/h3-11,13-14,28H,1-2H3,(H,30,31). The summed E-state index contributed by atoms with van der Waals surface area (Å²) in [6, 6.07) is 20.2. The van der Waals surface area contributed by atoms with Crippen LogP contribution >= 0.6 is 0 Å². The van der Waals surface area contributed by atoms with E-state index in [0.717, 1.165) is 55.2 Å². The van der Waals surface area contributed by atoms with Crippen molar-refractivity contribution in [3.63, 3.8) is 0 Å². The van der Waals surface area contributed by atoms with Crippen LogP contribution in [-0.2, 0) is 7.05 Å². The molecule has 3 aromatic carbocycles. The van der Waals surface area contributed by atoms with Crippen molar-refractivity contribution in [2.75, 3.05) is 0 Å². The van der Waals surface area contributed by atoms with E-state index >= 15 is 0 Å². The van der Waals surface area contributed by atoms with Gasteiger partial charge in [0.2, 0.25) is 5.62 Å². The highest BCUT2D eigenvalue weighted by atomic mass is 15.2. The summed E-state index contributed by atoms with van der Waals surface area (Å²) < 4.78 is 3.74. The van der Waals surface area contributed by atoms with E-state index in [0.29, 0.717) is 11.2 Å². The minimum atomic E-state index is 0.322. The zero-order chi connectivity index (χ0) is 22.7. The molecule has 33 heavy (non-hydrogen) atoms. The van der Waals surface area contributed by atoms with Crippen LogP contribution < -0.4 is 5.62 Å². The second-order valence-electron chi connectivity index (χ2n) is 8.23. The first-order valence-electron chi connectivity index (χ1n) is 10.5. The van der Waals surface area contributed by atoms with Gasteiger partial charge in [-0.25, -0.2) is 0 Å². The maximum absolute atomic E-state index is 9.45. The number of nitriles is 1. The number of imidazole rings is 1. The third-order valence-electron chi connectivity index (χ3n) is 6.29. The summed E-state index contributed by atoms with van der Waals surface area (Å²) in [6.45, 7) is 2.00. The fourth-order valence-corrected chi connectivity index (χ4v) is 4.47. The van der Waals surface area contributed by atoms with E-state index in [1.165, 1.54) is 0 Å². The third kappa shape index (κ3) is 2.78. The van der Waals surface area contributed by atoms with Crippen molar-refractivity contribution >= 4 is 32.8 Å². The van der Waals surface area contributed by atoms with Crippen LogP contribution in [0.5, 0.6) is 0 Å². The molecule has 7 heteroatoms. The average molecular weight is 429 g/mol. The number of nitrogens with zero attached hydrogens (tertiary/aromatic N) is 5. The van der Waals surface area contributed by atoms with Gasteiger partial charge < -0.3 is 4.57 Å². The number of aryl methyl sites for hydroxylation is 2. The monoisotopic (exact) mass is 429 g/mol. The fourth-order valence-electron chi connectivity index (χ4n) is 4.47. The Labute approximate surface area is 188 Å². The first kappa shape index (κ1) is 19.0. The first-order chi connectivity index (χ1) is 16.0. The molecule has 0 saturated heterocycles. The number of rotatable bonds is 2. The number of aromatic amines is 1. The van der Waals surface area contributed by atoms with Gasteiger partial charge in [-0.1, -0.05) is 18.2 Å². The van der Waals surface area contributed by atoms with Gasteiger partial charge in [-0.3, -0.25) is 20.1 Å². The van der Waals surface area contributed by atoms with Gasteiger partial charge in [-0.2, -0.15) is 10.4 Å². The van der Waals surface area contributed by atoms with Crippen LogP contribution in [-0.4, -0.2) is 24.3 Å². The zero-order valence-corrected chi connectivity index (χ0v) is 18.1. The molecule has 0 spiro atoms. The van der Waals surface area contributed by atoms with E-state index in [2.05, 4.69) is 45.5 Å². The summed E-state index contributed by atoms with van der Waals surface area (Å²) in [5, 5.41) is 27.4. The minimum Gasteiger partial charge on any atom is -0.312 e. The molecule has 0 aliphatic heterocycles. The highest BCUT2D eigenvalue weighted by Crippen LogP contribution is 2.31. The average Bonchev–Trinajstić information content (AvgIpc) is 3.41. The molecule has 6 rings (SSSR count). The molecular weight excluding hydrogens is 410 g/mol. The van der Waals surface area contributed by atoms with Crippen molar-refractivity contribution in [1.82, 2.24) is 24.3 Å². The Bertz CT molecular complexity index is 1830. The number of hydrogen-bond acceptors (Lipinski definition) is 4. The van der Waals surface area contributed by atoms with Crippen molar-refractivity contribution in [3.05, 3.63) is 83.7 Å². The van der Waals surface area contributed by atoms with Gasteiger partial charge in [0, 0.05) is 17.8 Å². The maximum Gasteiger partial charge on any atom is 0.207 e. The van der Waals surface area contributed by atoms with Crippen LogP contribution in [0.3, 0.4) is 0 Å². The van der Waals surface area contributed by atoms with E-state index in [1.807, 2.05) is 59.8 Å². The van der Waals surface area contributed by atoms with Crippen molar-refractivity contribution in [3.8, 4) is 22.9 Å². The van der Waals surface area contributed by atoms with Gasteiger partial charge in [0.05, 0.1) is 51.8 Å². The highest BCUT2D eigenvalue weighted by molar-refractivity contribution is 6.05. The van der Waals surface area contributed by atoms with E-state index in [1.54, 1.807) is 6.07 Å². The molecule has 0 unspecified atom stereocenters. The summed E-state index contributed by atoms with van der Waals surface area (Å²) in [6.07, 6.45) is 3.63. The molecule has 0 fully saturated rings. The summed E-state index contributed by atoms with van der Waals surface area (Å²) in [5.74, 6) is 0. The van der Waals surface area contributed by atoms with E-state index in [4.69, 9.17) is 5.41 Å². The first-order valence-corrected chi connectivity index (χ1v) is 10.5. The molecule has 7 nitrogen and oxygen atoms in total. The minimum absolute atomic E-state index is 0.322. The second kappa shape index (κ2) is 6.90. The van der Waals surface area contributed by atoms with Crippen LogP contribution in [0.15, 0.2) is 67.0 Å². The summed E-state index contributed by atoms with van der Waals surface area (Å²) in [4.78, 5) is 4.67. The van der Waals surface area contributed by atoms with Crippen molar-refractivity contribution in [2.45, 2.75) is 6.92 Å². The molecule has 6 aromatic rings. The lowest BCUT2D eigenvalue weighted by Crippen LogP contribution is -2.21. The predicted molar refractivity (Wildman–Crippen MR) is 128 cm³/mol. The lowest BCUT2D eigenvalue weighted by atomic mass is 10.0. The number of pyridine rings is 1. The molecule has 0 amide bonds. The van der Waals surface area contributed by atoms with Gasteiger partial charge >= 0.3 is 0 Å². The van der Waals surface area contributed by atoms with Crippen LogP contribution in [0, 0.1) is 23.7 Å². The Kier molecular flexibility index (Phi) is 3.98. The molecular formula is C26H19N7. The van der Waals surface area contributed by atoms with Crippen molar-refractivity contribution in [1.29, 1.82) is 10.7 Å². The Morgan fingerprint density at radius 1 is 1.00 bits per heavy atom. The third-order valence-corrected chi connectivity index (χ3v) is 6.29. The van der Waals surface area contributed by atoms with Crippen LogP contribution in [0.4, 0.5) is 0 Å². The van der Waals surface area contributed by atoms with Crippen LogP contribution in [0.2, 0.25) is 0 Å². The molecule has 158 valence electrons. The Morgan fingerprint density at radius 3 is 2.67 bits per heavy atom. The van der Waals surface area contributed by atoms with E-state index in [-0.39, 0.29) is 0 Å². The number of nitrogens with one attached hydrogen (secondary N) is 2. The lowest BCUT2D eigenvalue weighted by Gasteiger charge is -2.11. The number of hydrogen-bond donors (Lipinski definition) is 2. The maximum atomic E-state index is 9.45. The highest BCUT2D eigenvalue weighted by Gasteiger charge is 2.17. The molecule has 0 atom stereocenters. The molecule has 3 heterocycles. The van der Waals surface area contributed by atoms with Gasteiger partial charge in [0.15, 0.2) is 0 Å². The summed E-state index contributed by atoms with van der Waals surface area (Å²) in [7, 11) is 1.87. The number of aromatic nitrogens is 5. The van der Waals surface area contributed by atoms with Crippen molar-refractivity contribution < 1.29 is 0 Å². The number of H-pyrrole nitrogens is 1. The lowest BCUT2D eigenvalue weighted by molar-refractivity contribution is 0.786. The summed E-state index contributed by atoms with van der Waals surface area (Å²) >= 11 is 0. The summed E-state index contributed by atoms with van der Waals surface area (Å²) in [5.41, 5.74) is 8.45. The molecule has 0 aliphatic rings. The number of benzene rings is 3. The van der Waals surface area contributed by atoms with E-state index in [9.17, 15) is 5.26 Å². The molecule has 3 aromatic heterocycles. The quantitative estimate of drug-likeness (QED) is 0.417. The Balaban J connectivity index is 1.70. The molecule has 0 radical (unpaired) electrons. The molecule has 0 bridgehead atoms. The van der Waals surface area contributed by atoms with Crippen LogP contribution in [0.1, 0.15) is 11.1 Å². The Morgan fingerprint density at radius 2 is 1.82 bits per heavy atom. The zero-order valence-electron chi connectivity index (χ0n) is 18.1. The number of fused-ring (bicyclic) bond motifs is 4. The Hall–Kier alpha value is -4.70. The fraction of sp³-hybridized carbons (Fsp3) is 0.0769. The van der Waals surface area contributed by atoms with Gasteiger partial charge in [-0.05, 0) is 60.0 Å². The van der Waals surface area contributed by atoms with E-state index < -0.39 is 0 Å². The van der Waals surface area contributed by atoms with Gasteiger partial charge in [0.1, 0.15) is 0 Å². The predicted octanol–water partition coefficient (Wildman–Crippen LogP) is 4.72. The van der Waals surface area contributed by atoms with Crippen LogP contribution in [0.25, 0.3) is 49.7 Å². The molecule has 0 aliphatic carbocycles. The van der Waals surface area contributed by atoms with Gasteiger partial charge in [0.25, 0.3) is 0 Å². The normalized spacial score (nSPS) is 11.4. The SMILES string of the molecule is Cc1ccc(C#N)cc1-n1c(=N)n(C)c2cnc3ccc(-c4ccc5[nH]ncc5c4)cc3c21.